The van der Waals surface area contributed by atoms with Gasteiger partial charge in [0.15, 0.2) is 16.7 Å². The van der Waals surface area contributed by atoms with Crippen molar-refractivity contribution in [3.8, 4) is 11.5 Å². The molecule has 2 aliphatic rings. The summed E-state index contributed by atoms with van der Waals surface area (Å²) in [4.78, 5) is 31.9. The van der Waals surface area contributed by atoms with Crippen LogP contribution in [0.1, 0.15) is 0 Å². The summed E-state index contributed by atoms with van der Waals surface area (Å²) < 4.78 is 10.5. The lowest BCUT2D eigenvalue weighted by Crippen LogP contribution is -2.49. The largest absolute Gasteiger partial charge is 0.493 e. The molecule has 162 valence electrons. The number of anilines is 2. The predicted octanol–water partition coefficient (Wildman–Crippen LogP) is 1.83. The van der Waals surface area contributed by atoms with Crippen molar-refractivity contribution >= 4 is 40.1 Å². The number of ether oxygens (including phenoxy) is 2. The summed E-state index contributed by atoms with van der Waals surface area (Å²) in [5.74, 6) is 0.637. The van der Waals surface area contributed by atoms with Gasteiger partial charge in [0.05, 0.1) is 31.6 Å². The molecule has 4 rings (SSSR count). The molecule has 1 saturated heterocycles. The van der Waals surface area contributed by atoms with Crippen molar-refractivity contribution in [3.05, 3.63) is 48.5 Å². The second kappa shape index (κ2) is 9.38. The lowest BCUT2D eigenvalue weighted by Gasteiger charge is -2.32. The number of benzene rings is 2. The van der Waals surface area contributed by atoms with Gasteiger partial charge in [-0.2, -0.15) is 0 Å². The van der Waals surface area contributed by atoms with Gasteiger partial charge in [-0.05, 0) is 24.3 Å². The Labute approximate surface area is 184 Å². The van der Waals surface area contributed by atoms with E-state index in [0.717, 1.165) is 5.69 Å². The molecular formula is C21H23N5O4S. The van der Waals surface area contributed by atoms with Crippen LogP contribution in [0.4, 0.5) is 11.4 Å². The topological polar surface area (TPSA) is 104 Å². The Kier molecular flexibility index (Phi) is 6.40. The van der Waals surface area contributed by atoms with E-state index in [2.05, 4.69) is 21.2 Å². The zero-order valence-electron chi connectivity index (χ0n) is 17.1. The molecule has 0 saturated carbocycles. The van der Waals surface area contributed by atoms with E-state index in [9.17, 15) is 9.59 Å². The molecular weight excluding hydrogens is 418 g/mol. The number of carbonyl (C=O) groups excluding carboxylic acids is 2. The Morgan fingerprint density at radius 2 is 1.97 bits per heavy atom. The fourth-order valence-electron chi connectivity index (χ4n) is 3.42. The Bertz CT molecular complexity index is 1000. The van der Waals surface area contributed by atoms with Crippen LogP contribution in [-0.2, 0) is 9.59 Å². The molecule has 2 amide bonds. The number of amides is 2. The minimum atomic E-state index is -0.344. The lowest BCUT2D eigenvalue weighted by atomic mass is 10.1. The van der Waals surface area contributed by atoms with Gasteiger partial charge >= 0.3 is 0 Å². The van der Waals surface area contributed by atoms with E-state index in [-0.39, 0.29) is 29.7 Å². The quantitative estimate of drug-likeness (QED) is 0.628. The molecule has 2 aliphatic heterocycles. The number of hydrogen-bond acceptors (Lipinski definition) is 8. The van der Waals surface area contributed by atoms with Crippen LogP contribution < -0.4 is 30.5 Å². The predicted molar refractivity (Wildman–Crippen MR) is 120 cm³/mol. The maximum atomic E-state index is 13.1. The summed E-state index contributed by atoms with van der Waals surface area (Å²) in [5, 5.41) is 3.32. The van der Waals surface area contributed by atoms with Crippen molar-refractivity contribution in [3.63, 3.8) is 0 Å². The number of thioether (sulfide) groups is 1. The van der Waals surface area contributed by atoms with E-state index >= 15 is 0 Å². The molecule has 2 aromatic rings. The lowest BCUT2D eigenvalue weighted by molar-refractivity contribution is -0.121. The molecule has 9 nitrogen and oxygen atoms in total. The zero-order chi connectivity index (χ0) is 21.8. The molecule has 0 spiro atoms. The number of carbonyl (C=O) groups is 2. The van der Waals surface area contributed by atoms with Gasteiger partial charge < -0.3 is 14.8 Å². The molecule has 1 fully saturated rings. The molecule has 0 aromatic heterocycles. The highest BCUT2D eigenvalue weighted by atomic mass is 32.2. The highest BCUT2D eigenvalue weighted by molar-refractivity contribution is 8.14. The van der Waals surface area contributed by atoms with E-state index < -0.39 is 0 Å². The maximum Gasteiger partial charge on any atom is 0.241 e. The Morgan fingerprint density at radius 1 is 1.19 bits per heavy atom. The SMILES string of the molecule is COc1ccc(NC(=O)CSC2=NC3NNCC3C(=O)N2c2ccccc2)cc1OC. The third-order valence-corrected chi connectivity index (χ3v) is 5.90. The number of rotatable bonds is 6. The van der Waals surface area contributed by atoms with E-state index in [4.69, 9.17) is 9.47 Å². The number of nitrogens with one attached hydrogen (secondary N) is 3. The molecule has 2 atom stereocenters. The average molecular weight is 442 g/mol. The third kappa shape index (κ3) is 4.50. The molecule has 3 N–H and O–H groups in total. The molecule has 2 heterocycles. The van der Waals surface area contributed by atoms with E-state index in [1.54, 1.807) is 30.2 Å². The van der Waals surface area contributed by atoms with Crippen molar-refractivity contribution in [2.75, 3.05) is 36.7 Å². The molecule has 0 bridgehead atoms. The average Bonchev–Trinajstić information content (AvgIpc) is 3.27. The van der Waals surface area contributed by atoms with Crippen molar-refractivity contribution < 1.29 is 19.1 Å². The van der Waals surface area contributed by atoms with Crippen molar-refractivity contribution in [2.24, 2.45) is 10.9 Å². The number of nitrogens with zero attached hydrogens (tertiary/aromatic N) is 2. The van der Waals surface area contributed by atoms with Gasteiger partial charge in [-0.25, -0.2) is 10.4 Å². The summed E-state index contributed by atoms with van der Waals surface area (Å²) in [6.45, 7) is 0.508. The van der Waals surface area contributed by atoms with Crippen LogP contribution >= 0.6 is 11.8 Å². The number of fused-ring (bicyclic) bond motifs is 1. The van der Waals surface area contributed by atoms with Gasteiger partial charge in [-0.1, -0.05) is 30.0 Å². The molecule has 2 aromatic carbocycles. The van der Waals surface area contributed by atoms with Gasteiger partial charge in [-0.15, -0.1) is 0 Å². The summed E-state index contributed by atoms with van der Waals surface area (Å²) in [5.41, 5.74) is 7.32. The van der Waals surface area contributed by atoms with Crippen LogP contribution in [0.3, 0.4) is 0 Å². The molecule has 0 radical (unpaired) electrons. The van der Waals surface area contributed by atoms with E-state index in [1.165, 1.54) is 18.9 Å². The minimum Gasteiger partial charge on any atom is -0.493 e. The first-order chi connectivity index (χ1) is 15.1. The van der Waals surface area contributed by atoms with Gasteiger partial charge in [0.2, 0.25) is 11.8 Å². The second-order valence-corrected chi connectivity index (χ2v) is 7.85. The molecule has 0 aliphatic carbocycles. The van der Waals surface area contributed by atoms with Crippen LogP contribution in [0.15, 0.2) is 53.5 Å². The first kappa shape index (κ1) is 21.2. The Hall–Kier alpha value is -3.08. The normalized spacial score (nSPS) is 20.1. The number of para-hydroxylation sites is 1. The van der Waals surface area contributed by atoms with Gasteiger partial charge in [0.25, 0.3) is 0 Å². The number of hydrogen-bond donors (Lipinski definition) is 3. The zero-order valence-corrected chi connectivity index (χ0v) is 17.9. The van der Waals surface area contributed by atoms with Crippen molar-refractivity contribution in [1.82, 2.24) is 10.9 Å². The number of aliphatic imine (C=N–C) groups is 1. The summed E-state index contributed by atoms with van der Waals surface area (Å²) in [6.07, 6.45) is -0.344. The van der Waals surface area contributed by atoms with Crippen LogP contribution in [0.25, 0.3) is 0 Å². The van der Waals surface area contributed by atoms with E-state index in [0.29, 0.717) is 28.9 Å². The standard InChI is InChI=1S/C21H23N5O4S/c1-29-16-9-8-13(10-17(16)30-2)23-18(27)12-31-21-24-19-15(11-22-25-19)20(28)26(21)14-6-4-3-5-7-14/h3-10,15,19,22,25H,11-12H2,1-2H3,(H,23,27). The summed E-state index contributed by atoms with van der Waals surface area (Å²) in [7, 11) is 3.09. The van der Waals surface area contributed by atoms with Crippen molar-refractivity contribution in [1.29, 1.82) is 0 Å². The van der Waals surface area contributed by atoms with E-state index in [1.807, 2.05) is 30.3 Å². The Balaban J connectivity index is 1.48. The number of amidine groups is 1. The molecule has 10 heteroatoms. The fourth-order valence-corrected chi connectivity index (χ4v) is 4.27. The highest BCUT2D eigenvalue weighted by Crippen LogP contribution is 2.31. The summed E-state index contributed by atoms with van der Waals surface area (Å²) >= 11 is 1.22. The third-order valence-electron chi connectivity index (χ3n) is 4.95. The van der Waals surface area contributed by atoms with Crippen LogP contribution in [0.5, 0.6) is 11.5 Å². The first-order valence-electron chi connectivity index (χ1n) is 9.70. The van der Waals surface area contributed by atoms with Gasteiger partial charge in [0.1, 0.15) is 6.17 Å². The van der Waals surface area contributed by atoms with Crippen LogP contribution in [0, 0.1) is 5.92 Å². The molecule has 2 unspecified atom stereocenters. The maximum absolute atomic E-state index is 13.1. The second-order valence-electron chi connectivity index (χ2n) is 6.90. The number of hydrazine groups is 1. The van der Waals surface area contributed by atoms with Gasteiger partial charge in [0, 0.05) is 18.3 Å². The monoisotopic (exact) mass is 441 g/mol. The van der Waals surface area contributed by atoms with Crippen LogP contribution in [0.2, 0.25) is 0 Å². The highest BCUT2D eigenvalue weighted by Gasteiger charge is 2.42. The van der Waals surface area contributed by atoms with Gasteiger partial charge in [-0.3, -0.25) is 19.9 Å². The molecule has 31 heavy (non-hydrogen) atoms. The number of methoxy groups -OCH3 is 2. The fraction of sp³-hybridized carbons (Fsp3) is 0.286. The minimum absolute atomic E-state index is 0.0495. The summed E-state index contributed by atoms with van der Waals surface area (Å²) in [6, 6.07) is 14.5. The Morgan fingerprint density at radius 3 is 2.71 bits per heavy atom. The first-order valence-corrected chi connectivity index (χ1v) is 10.7. The van der Waals surface area contributed by atoms with Crippen LogP contribution in [-0.4, -0.2) is 49.7 Å². The van der Waals surface area contributed by atoms with Crippen molar-refractivity contribution in [2.45, 2.75) is 6.17 Å². The smallest absolute Gasteiger partial charge is 0.241 e.